The van der Waals surface area contributed by atoms with E-state index in [4.69, 9.17) is 16.2 Å². The average molecular weight is 389 g/mol. The van der Waals surface area contributed by atoms with Gasteiger partial charge in [-0.15, -0.1) is 0 Å². The molecule has 1 aromatic carbocycles. The van der Waals surface area contributed by atoms with E-state index in [1.807, 2.05) is 0 Å². The van der Waals surface area contributed by atoms with Crippen LogP contribution in [0.1, 0.15) is 21.6 Å². The summed E-state index contributed by atoms with van der Waals surface area (Å²) in [7, 11) is 0. The maximum Gasteiger partial charge on any atom is 0.433 e. The first kappa shape index (κ1) is 19.2. The van der Waals surface area contributed by atoms with E-state index in [-0.39, 0.29) is 34.9 Å². The van der Waals surface area contributed by atoms with Crippen molar-refractivity contribution < 1.29 is 22.7 Å². The maximum atomic E-state index is 13.1. The van der Waals surface area contributed by atoms with Gasteiger partial charge in [0.15, 0.2) is 0 Å². The highest BCUT2D eigenvalue weighted by Gasteiger charge is 2.33. The fraction of sp³-hybridized carbons (Fsp3) is 0.111. The molecule has 0 saturated heterocycles. The van der Waals surface area contributed by atoms with Crippen LogP contribution in [0.15, 0.2) is 49.1 Å². The fourth-order valence-electron chi connectivity index (χ4n) is 2.53. The van der Waals surface area contributed by atoms with Gasteiger partial charge in [0.05, 0.1) is 5.56 Å². The van der Waals surface area contributed by atoms with Crippen molar-refractivity contribution >= 4 is 5.91 Å². The maximum absolute atomic E-state index is 13.1. The van der Waals surface area contributed by atoms with Gasteiger partial charge >= 0.3 is 6.18 Å². The smallest absolute Gasteiger partial charge is 0.433 e. The summed E-state index contributed by atoms with van der Waals surface area (Å²) in [5, 5.41) is 0. The molecule has 0 spiro atoms. The van der Waals surface area contributed by atoms with E-state index in [0.29, 0.717) is 5.56 Å². The van der Waals surface area contributed by atoms with Gasteiger partial charge in [0.2, 0.25) is 11.8 Å². The van der Waals surface area contributed by atoms with Crippen LogP contribution in [0.25, 0.3) is 11.1 Å². The summed E-state index contributed by atoms with van der Waals surface area (Å²) in [5.74, 6) is -1.00. The second-order valence-electron chi connectivity index (χ2n) is 5.67. The largest absolute Gasteiger partial charge is 0.438 e. The number of carbonyl (C=O) groups excluding carboxylic acids is 1. The molecule has 0 saturated carbocycles. The van der Waals surface area contributed by atoms with Crippen molar-refractivity contribution in [3.8, 4) is 22.8 Å². The van der Waals surface area contributed by atoms with E-state index in [1.165, 1.54) is 43.0 Å². The minimum atomic E-state index is -4.67. The van der Waals surface area contributed by atoms with Gasteiger partial charge in [-0.25, -0.2) is 15.0 Å². The highest BCUT2D eigenvalue weighted by molar-refractivity contribution is 6.01. The van der Waals surface area contributed by atoms with E-state index in [1.54, 1.807) is 0 Å². The number of pyridine rings is 1. The Morgan fingerprint density at radius 1 is 1.14 bits per heavy atom. The van der Waals surface area contributed by atoms with Crippen molar-refractivity contribution in [2.75, 3.05) is 0 Å². The third-order valence-electron chi connectivity index (χ3n) is 3.74. The summed E-state index contributed by atoms with van der Waals surface area (Å²) in [4.78, 5) is 23.1. The SMILES string of the molecule is NCc1cc(Oc2cccc(C(N)=O)c2-c2cncnc2)nc(C(F)(F)F)c1. The number of benzene rings is 1. The van der Waals surface area contributed by atoms with E-state index < -0.39 is 17.8 Å². The monoisotopic (exact) mass is 389 g/mol. The molecule has 0 unspecified atom stereocenters. The molecule has 0 bridgehead atoms. The molecule has 0 fully saturated rings. The third-order valence-corrected chi connectivity index (χ3v) is 3.74. The quantitative estimate of drug-likeness (QED) is 0.693. The zero-order chi connectivity index (χ0) is 20.3. The molecule has 2 aromatic heterocycles. The van der Waals surface area contributed by atoms with Gasteiger partial charge in [0, 0.05) is 36.1 Å². The van der Waals surface area contributed by atoms with Crippen molar-refractivity contribution in [1.29, 1.82) is 0 Å². The van der Waals surface area contributed by atoms with Gasteiger partial charge in [-0.05, 0) is 23.8 Å². The highest BCUT2D eigenvalue weighted by Crippen LogP contribution is 2.36. The summed E-state index contributed by atoms with van der Waals surface area (Å²) in [5.41, 5.74) is 10.7. The first-order valence-corrected chi connectivity index (χ1v) is 7.94. The molecule has 4 N–H and O–H groups in total. The van der Waals surface area contributed by atoms with Crippen LogP contribution in [0.5, 0.6) is 11.6 Å². The number of nitrogens with zero attached hydrogens (tertiary/aromatic N) is 3. The summed E-state index contributed by atoms with van der Waals surface area (Å²) in [6.07, 6.45) is -0.535. The summed E-state index contributed by atoms with van der Waals surface area (Å²) in [6, 6.07) is 6.55. The van der Waals surface area contributed by atoms with E-state index in [2.05, 4.69) is 15.0 Å². The Bertz CT molecular complexity index is 1010. The number of rotatable bonds is 5. The van der Waals surface area contributed by atoms with Crippen LogP contribution < -0.4 is 16.2 Å². The average Bonchev–Trinajstić information content (AvgIpc) is 2.67. The van der Waals surface area contributed by atoms with E-state index in [0.717, 1.165) is 6.07 Å². The number of amides is 1. The normalized spacial score (nSPS) is 11.3. The lowest BCUT2D eigenvalue weighted by Crippen LogP contribution is -2.13. The van der Waals surface area contributed by atoms with Crippen LogP contribution in [0, 0.1) is 0 Å². The zero-order valence-corrected chi connectivity index (χ0v) is 14.3. The standard InChI is InChI=1S/C18H14F3N5O2/c19-18(20,21)14-4-10(6-22)5-15(26-14)28-13-3-1-2-12(17(23)27)16(13)11-7-24-9-25-8-11/h1-5,7-9H,6,22H2,(H2,23,27). The van der Waals surface area contributed by atoms with Gasteiger partial charge in [-0.2, -0.15) is 13.2 Å². The Labute approximate surface area is 157 Å². The molecule has 0 atom stereocenters. The number of alkyl halides is 3. The molecule has 0 aliphatic rings. The highest BCUT2D eigenvalue weighted by atomic mass is 19.4. The Morgan fingerprint density at radius 2 is 1.86 bits per heavy atom. The molecule has 10 heteroatoms. The van der Waals surface area contributed by atoms with Crippen LogP contribution in [0.3, 0.4) is 0 Å². The molecule has 2 heterocycles. The molecule has 3 rings (SSSR count). The second-order valence-corrected chi connectivity index (χ2v) is 5.67. The van der Waals surface area contributed by atoms with Gasteiger partial charge in [0.25, 0.3) is 0 Å². The fourth-order valence-corrected chi connectivity index (χ4v) is 2.53. The van der Waals surface area contributed by atoms with Crippen LogP contribution in [0.2, 0.25) is 0 Å². The molecule has 0 aliphatic heterocycles. The van der Waals surface area contributed by atoms with Gasteiger partial charge < -0.3 is 16.2 Å². The lowest BCUT2D eigenvalue weighted by atomic mass is 10.0. The molecular formula is C18H14F3N5O2. The predicted molar refractivity (Wildman–Crippen MR) is 93.2 cm³/mol. The van der Waals surface area contributed by atoms with Crippen molar-refractivity contribution in [3.05, 3.63) is 65.9 Å². The minimum absolute atomic E-state index is 0.0703. The number of aromatic nitrogens is 3. The molecule has 1 amide bonds. The number of carbonyl (C=O) groups is 1. The topological polar surface area (TPSA) is 117 Å². The van der Waals surface area contributed by atoms with Crippen LogP contribution in [0.4, 0.5) is 13.2 Å². The Hall–Kier alpha value is -3.53. The molecule has 0 aliphatic carbocycles. The van der Waals surface area contributed by atoms with Crippen LogP contribution in [-0.2, 0) is 12.7 Å². The molecule has 7 nitrogen and oxygen atoms in total. The Balaban J connectivity index is 2.13. The number of hydrogen-bond acceptors (Lipinski definition) is 6. The van der Waals surface area contributed by atoms with Crippen LogP contribution >= 0.6 is 0 Å². The Morgan fingerprint density at radius 3 is 2.46 bits per heavy atom. The second kappa shape index (κ2) is 7.61. The number of primary amides is 1. The third kappa shape index (κ3) is 4.07. The summed E-state index contributed by atoms with van der Waals surface area (Å²) >= 11 is 0. The number of hydrogen-bond donors (Lipinski definition) is 2. The summed E-state index contributed by atoms with van der Waals surface area (Å²) in [6.45, 7) is -0.136. The molecule has 3 aromatic rings. The minimum Gasteiger partial charge on any atom is -0.438 e. The van der Waals surface area contributed by atoms with Crippen molar-refractivity contribution in [2.24, 2.45) is 11.5 Å². The molecular weight excluding hydrogens is 375 g/mol. The molecule has 28 heavy (non-hydrogen) atoms. The predicted octanol–water partition coefficient (Wildman–Crippen LogP) is 2.91. The number of halogens is 3. The van der Waals surface area contributed by atoms with Crippen molar-refractivity contribution in [3.63, 3.8) is 0 Å². The number of nitrogens with two attached hydrogens (primary N) is 2. The van der Waals surface area contributed by atoms with Crippen molar-refractivity contribution in [1.82, 2.24) is 15.0 Å². The van der Waals surface area contributed by atoms with Gasteiger partial charge in [-0.1, -0.05) is 6.07 Å². The first-order chi connectivity index (χ1) is 13.3. The number of ether oxygens (including phenoxy) is 1. The zero-order valence-electron chi connectivity index (χ0n) is 14.3. The lowest BCUT2D eigenvalue weighted by molar-refractivity contribution is -0.141. The van der Waals surface area contributed by atoms with Crippen molar-refractivity contribution in [2.45, 2.75) is 12.7 Å². The molecule has 0 radical (unpaired) electrons. The Kier molecular flexibility index (Phi) is 5.23. The van der Waals surface area contributed by atoms with Gasteiger partial charge in [0.1, 0.15) is 17.8 Å². The van der Waals surface area contributed by atoms with E-state index >= 15 is 0 Å². The van der Waals surface area contributed by atoms with E-state index in [9.17, 15) is 18.0 Å². The van der Waals surface area contributed by atoms with Crippen LogP contribution in [-0.4, -0.2) is 20.9 Å². The van der Waals surface area contributed by atoms with Gasteiger partial charge in [-0.3, -0.25) is 4.79 Å². The summed E-state index contributed by atoms with van der Waals surface area (Å²) < 4.78 is 44.9. The first-order valence-electron chi connectivity index (χ1n) is 7.94. The lowest BCUT2D eigenvalue weighted by Gasteiger charge is -2.15. The molecule has 144 valence electrons.